The summed E-state index contributed by atoms with van der Waals surface area (Å²) in [4.78, 5) is 4.17. The molecule has 1 aliphatic carbocycles. The van der Waals surface area contributed by atoms with Gasteiger partial charge >= 0.3 is 0 Å². The third-order valence-corrected chi connectivity index (χ3v) is 4.81. The Bertz CT molecular complexity index is 411. The molecular weight excluding hydrogens is 244 g/mol. The number of nitrogens with zero attached hydrogens (tertiary/aromatic N) is 1. The molecule has 2 heteroatoms. The Morgan fingerprint density at radius 1 is 1.25 bits per heavy atom. The van der Waals surface area contributed by atoms with Gasteiger partial charge in [-0.05, 0) is 54.3 Å². The molecule has 1 fully saturated rings. The summed E-state index contributed by atoms with van der Waals surface area (Å²) in [7, 11) is 0. The van der Waals surface area contributed by atoms with Crippen molar-refractivity contribution >= 4 is 0 Å². The van der Waals surface area contributed by atoms with Gasteiger partial charge in [-0.25, -0.2) is 0 Å². The summed E-state index contributed by atoms with van der Waals surface area (Å²) < 4.78 is 0. The van der Waals surface area contributed by atoms with Crippen LogP contribution in [0, 0.1) is 17.3 Å². The first kappa shape index (κ1) is 15.5. The highest BCUT2D eigenvalue weighted by atomic mass is 14.9. The van der Waals surface area contributed by atoms with Crippen LogP contribution in [0.3, 0.4) is 0 Å². The lowest BCUT2D eigenvalue weighted by Gasteiger charge is -2.53. The standard InChI is InChI=1S/C18H30N2/c1-14(2)12-20-13-18(15-6-8-19-9-7-15)10-16(11-18)17(3,4)5/h6-9,14,16,20H,10-13H2,1-5H3. The van der Waals surface area contributed by atoms with E-state index in [9.17, 15) is 0 Å². The third-order valence-electron chi connectivity index (χ3n) is 4.81. The second kappa shape index (κ2) is 5.85. The van der Waals surface area contributed by atoms with Crippen LogP contribution < -0.4 is 5.32 Å². The van der Waals surface area contributed by atoms with Crippen molar-refractivity contribution in [2.45, 2.75) is 52.9 Å². The second-order valence-electron chi connectivity index (χ2n) is 8.01. The SMILES string of the molecule is CC(C)CNCC1(c2ccncc2)CC(C(C)(C)C)C1. The van der Waals surface area contributed by atoms with E-state index in [1.165, 1.54) is 18.4 Å². The fourth-order valence-corrected chi connectivity index (χ4v) is 3.28. The van der Waals surface area contributed by atoms with Crippen molar-refractivity contribution in [2.24, 2.45) is 17.3 Å². The summed E-state index contributed by atoms with van der Waals surface area (Å²) in [6.45, 7) is 13.9. The molecule has 0 radical (unpaired) electrons. The van der Waals surface area contributed by atoms with Gasteiger partial charge in [0.15, 0.2) is 0 Å². The van der Waals surface area contributed by atoms with E-state index in [4.69, 9.17) is 0 Å². The molecule has 112 valence electrons. The van der Waals surface area contributed by atoms with Crippen LogP contribution in [-0.2, 0) is 5.41 Å². The van der Waals surface area contributed by atoms with Gasteiger partial charge in [0.1, 0.15) is 0 Å². The van der Waals surface area contributed by atoms with Crippen molar-refractivity contribution in [3.05, 3.63) is 30.1 Å². The molecule has 0 spiro atoms. The molecular formula is C18H30N2. The van der Waals surface area contributed by atoms with Gasteiger partial charge < -0.3 is 5.32 Å². The Labute approximate surface area is 124 Å². The molecule has 1 aliphatic rings. The maximum atomic E-state index is 4.17. The molecule has 1 aromatic rings. The van der Waals surface area contributed by atoms with Crippen molar-refractivity contribution in [3.63, 3.8) is 0 Å². The van der Waals surface area contributed by atoms with Crippen LogP contribution in [0.2, 0.25) is 0 Å². The highest BCUT2D eigenvalue weighted by Crippen LogP contribution is 2.53. The molecule has 0 atom stereocenters. The normalized spacial score (nSPS) is 26.6. The van der Waals surface area contributed by atoms with Gasteiger partial charge in [0.2, 0.25) is 0 Å². The molecule has 20 heavy (non-hydrogen) atoms. The fraction of sp³-hybridized carbons (Fsp3) is 0.722. The number of hydrogen-bond acceptors (Lipinski definition) is 2. The predicted octanol–water partition coefficient (Wildman–Crippen LogP) is 4.02. The summed E-state index contributed by atoms with van der Waals surface area (Å²) in [5.74, 6) is 1.54. The van der Waals surface area contributed by atoms with E-state index in [0.29, 0.717) is 16.7 Å². The topological polar surface area (TPSA) is 24.9 Å². The summed E-state index contributed by atoms with van der Waals surface area (Å²) >= 11 is 0. The quantitative estimate of drug-likeness (QED) is 0.877. The summed E-state index contributed by atoms with van der Waals surface area (Å²) in [5.41, 5.74) is 2.22. The minimum Gasteiger partial charge on any atom is -0.316 e. The van der Waals surface area contributed by atoms with Gasteiger partial charge in [-0.2, -0.15) is 0 Å². The van der Waals surface area contributed by atoms with Gasteiger partial charge in [0, 0.05) is 24.4 Å². The maximum absolute atomic E-state index is 4.17. The molecule has 1 heterocycles. The van der Waals surface area contributed by atoms with Crippen LogP contribution in [0.25, 0.3) is 0 Å². The minimum atomic E-state index is 0.329. The van der Waals surface area contributed by atoms with Crippen LogP contribution >= 0.6 is 0 Å². The first-order valence-electron chi connectivity index (χ1n) is 7.95. The fourth-order valence-electron chi connectivity index (χ4n) is 3.28. The Balaban J connectivity index is 2.07. The van der Waals surface area contributed by atoms with Crippen LogP contribution in [0.15, 0.2) is 24.5 Å². The molecule has 2 rings (SSSR count). The number of hydrogen-bond donors (Lipinski definition) is 1. The first-order chi connectivity index (χ1) is 9.33. The number of pyridine rings is 1. The third kappa shape index (κ3) is 3.41. The van der Waals surface area contributed by atoms with E-state index in [0.717, 1.165) is 19.0 Å². The van der Waals surface area contributed by atoms with Crippen molar-refractivity contribution < 1.29 is 0 Å². The van der Waals surface area contributed by atoms with Crippen molar-refractivity contribution in [2.75, 3.05) is 13.1 Å². The molecule has 0 aliphatic heterocycles. The molecule has 0 amide bonds. The van der Waals surface area contributed by atoms with E-state index < -0.39 is 0 Å². The monoisotopic (exact) mass is 274 g/mol. The Morgan fingerprint density at radius 2 is 1.85 bits per heavy atom. The molecule has 1 saturated carbocycles. The van der Waals surface area contributed by atoms with Gasteiger partial charge in [0.05, 0.1) is 0 Å². The lowest BCUT2D eigenvalue weighted by Crippen LogP contribution is -2.52. The minimum absolute atomic E-state index is 0.329. The van der Waals surface area contributed by atoms with Crippen LogP contribution in [0.4, 0.5) is 0 Å². The summed E-state index contributed by atoms with van der Waals surface area (Å²) in [6.07, 6.45) is 6.46. The van der Waals surface area contributed by atoms with Gasteiger partial charge in [-0.1, -0.05) is 34.6 Å². The highest BCUT2D eigenvalue weighted by molar-refractivity contribution is 5.28. The zero-order valence-electron chi connectivity index (χ0n) is 13.7. The number of rotatable bonds is 5. The lowest BCUT2D eigenvalue weighted by molar-refractivity contribution is 0.0445. The van der Waals surface area contributed by atoms with Crippen LogP contribution in [0.1, 0.15) is 53.0 Å². The van der Waals surface area contributed by atoms with Crippen molar-refractivity contribution in [1.29, 1.82) is 0 Å². The average Bonchev–Trinajstić information content (AvgIpc) is 2.31. The van der Waals surface area contributed by atoms with E-state index >= 15 is 0 Å². The molecule has 1 aromatic heterocycles. The summed E-state index contributed by atoms with van der Waals surface area (Å²) in [6, 6.07) is 4.41. The Hall–Kier alpha value is -0.890. The second-order valence-corrected chi connectivity index (χ2v) is 8.01. The average molecular weight is 274 g/mol. The lowest BCUT2D eigenvalue weighted by atomic mass is 9.52. The van der Waals surface area contributed by atoms with E-state index in [1.807, 2.05) is 12.4 Å². The van der Waals surface area contributed by atoms with Crippen molar-refractivity contribution in [3.8, 4) is 0 Å². The molecule has 1 N–H and O–H groups in total. The highest BCUT2D eigenvalue weighted by Gasteiger charge is 2.48. The van der Waals surface area contributed by atoms with E-state index in [1.54, 1.807) is 0 Å². The predicted molar refractivity (Wildman–Crippen MR) is 85.8 cm³/mol. The Kier molecular flexibility index (Phi) is 4.53. The van der Waals surface area contributed by atoms with Crippen LogP contribution in [-0.4, -0.2) is 18.1 Å². The molecule has 0 saturated heterocycles. The van der Waals surface area contributed by atoms with Gasteiger partial charge in [-0.3, -0.25) is 4.98 Å². The molecule has 0 bridgehead atoms. The number of aromatic nitrogens is 1. The zero-order chi connectivity index (χ0) is 14.8. The van der Waals surface area contributed by atoms with E-state index in [2.05, 4.69) is 57.1 Å². The smallest absolute Gasteiger partial charge is 0.0270 e. The first-order valence-corrected chi connectivity index (χ1v) is 7.95. The summed E-state index contributed by atoms with van der Waals surface area (Å²) in [5, 5.41) is 3.68. The number of nitrogens with one attached hydrogen (secondary N) is 1. The molecule has 0 unspecified atom stereocenters. The Morgan fingerprint density at radius 3 is 2.35 bits per heavy atom. The van der Waals surface area contributed by atoms with Crippen LogP contribution in [0.5, 0.6) is 0 Å². The van der Waals surface area contributed by atoms with Crippen molar-refractivity contribution in [1.82, 2.24) is 10.3 Å². The van der Waals surface area contributed by atoms with E-state index in [-0.39, 0.29) is 0 Å². The van der Waals surface area contributed by atoms with Gasteiger partial charge in [0.25, 0.3) is 0 Å². The molecule has 2 nitrogen and oxygen atoms in total. The largest absolute Gasteiger partial charge is 0.316 e. The van der Waals surface area contributed by atoms with Gasteiger partial charge in [-0.15, -0.1) is 0 Å². The molecule has 0 aromatic carbocycles. The zero-order valence-corrected chi connectivity index (χ0v) is 13.7. The maximum Gasteiger partial charge on any atom is 0.0270 e.